The van der Waals surface area contributed by atoms with Gasteiger partial charge in [0.25, 0.3) is 0 Å². The third-order valence-electron chi connectivity index (χ3n) is 6.86. The molecule has 0 fully saturated rings. The van der Waals surface area contributed by atoms with Crippen molar-refractivity contribution in [2.45, 2.75) is 56.1 Å². The van der Waals surface area contributed by atoms with Crippen molar-refractivity contribution in [2.75, 3.05) is 6.54 Å². The third kappa shape index (κ3) is 7.06. The third-order valence-corrected chi connectivity index (χ3v) is 10.6. The summed E-state index contributed by atoms with van der Waals surface area (Å²) in [6.45, 7) is 6.93. The van der Waals surface area contributed by atoms with Gasteiger partial charge in [-0.1, -0.05) is 106 Å². The predicted molar refractivity (Wildman–Crippen MR) is 160 cm³/mol. The summed E-state index contributed by atoms with van der Waals surface area (Å²) in [6.07, 6.45) is 0. The van der Waals surface area contributed by atoms with Crippen LogP contribution in [0.3, 0.4) is 0 Å². The van der Waals surface area contributed by atoms with Crippen LogP contribution in [0.25, 0.3) is 0 Å². The van der Waals surface area contributed by atoms with Gasteiger partial charge in [-0.25, -0.2) is 16.8 Å². The molecule has 0 saturated carbocycles. The molecular weight excluding hydrogens is 540 g/mol. The van der Waals surface area contributed by atoms with Gasteiger partial charge in [0, 0.05) is 26.2 Å². The molecule has 4 aromatic carbocycles. The first-order valence-corrected chi connectivity index (χ1v) is 16.3. The van der Waals surface area contributed by atoms with Crippen LogP contribution in [0.1, 0.15) is 48.9 Å². The van der Waals surface area contributed by atoms with E-state index in [1.807, 2.05) is 84.9 Å². The summed E-state index contributed by atoms with van der Waals surface area (Å²) >= 11 is 0. The highest BCUT2D eigenvalue weighted by Gasteiger charge is 2.28. The highest BCUT2D eigenvalue weighted by atomic mass is 32.2. The van der Waals surface area contributed by atoms with E-state index in [1.54, 1.807) is 6.92 Å². The van der Waals surface area contributed by atoms with Crippen LogP contribution in [0.4, 0.5) is 0 Å². The molecule has 6 nitrogen and oxygen atoms in total. The second-order valence-corrected chi connectivity index (χ2v) is 13.9. The molecule has 210 valence electrons. The molecule has 0 aliphatic rings. The van der Waals surface area contributed by atoms with Gasteiger partial charge in [-0.05, 0) is 52.4 Å². The van der Waals surface area contributed by atoms with E-state index in [2.05, 4.69) is 13.8 Å². The standard InChI is InChI=1S/C32H36N2O4S2/c1-4-33(23-27-11-7-5-8-12-27)39(35,36)31-19-21-32(22-20-31)40(37,38)34(24-28-13-9-6-10-14-28)25-29-15-17-30(18-16-29)26(2)3/h5-22,26H,4,23-25H2,1-3H3. The van der Waals surface area contributed by atoms with Crippen molar-refractivity contribution in [1.29, 1.82) is 0 Å². The Bertz CT molecular complexity index is 1590. The fraction of sp³-hybridized carbons (Fsp3) is 0.250. The second kappa shape index (κ2) is 12.9. The Morgan fingerprint density at radius 3 is 1.30 bits per heavy atom. The maximum atomic E-state index is 13.9. The lowest BCUT2D eigenvalue weighted by atomic mass is 10.0. The van der Waals surface area contributed by atoms with Crippen LogP contribution in [0.5, 0.6) is 0 Å². The number of hydrogen-bond donors (Lipinski definition) is 0. The number of sulfonamides is 2. The van der Waals surface area contributed by atoms with Crippen molar-refractivity contribution in [3.05, 3.63) is 131 Å². The van der Waals surface area contributed by atoms with Crippen molar-refractivity contribution >= 4 is 20.0 Å². The van der Waals surface area contributed by atoms with E-state index in [9.17, 15) is 16.8 Å². The van der Waals surface area contributed by atoms with Crippen LogP contribution in [0, 0.1) is 0 Å². The second-order valence-electron chi connectivity index (χ2n) is 10.0. The SMILES string of the molecule is CCN(Cc1ccccc1)S(=O)(=O)c1ccc(S(=O)(=O)N(Cc2ccccc2)Cc2ccc(C(C)C)cc2)cc1. The fourth-order valence-electron chi connectivity index (χ4n) is 4.46. The number of nitrogens with zero attached hydrogens (tertiary/aromatic N) is 2. The first kappa shape index (κ1) is 29.7. The fourth-order valence-corrected chi connectivity index (χ4v) is 7.31. The topological polar surface area (TPSA) is 74.8 Å². The molecule has 4 aromatic rings. The molecule has 0 aliphatic heterocycles. The molecule has 0 heterocycles. The quantitative estimate of drug-likeness (QED) is 0.195. The molecule has 4 rings (SSSR count). The minimum Gasteiger partial charge on any atom is -0.207 e. The first-order valence-electron chi connectivity index (χ1n) is 13.4. The maximum absolute atomic E-state index is 13.9. The van der Waals surface area contributed by atoms with E-state index in [1.165, 1.54) is 38.4 Å². The van der Waals surface area contributed by atoms with E-state index in [0.29, 0.717) is 5.92 Å². The molecule has 0 aliphatic carbocycles. The Morgan fingerprint density at radius 1 is 0.525 bits per heavy atom. The van der Waals surface area contributed by atoms with E-state index in [0.717, 1.165) is 16.7 Å². The van der Waals surface area contributed by atoms with E-state index < -0.39 is 20.0 Å². The van der Waals surface area contributed by atoms with Gasteiger partial charge >= 0.3 is 0 Å². The van der Waals surface area contributed by atoms with Crippen LogP contribution in [-0.2, 0) is 39.7 Å². The van der Waals surface area contributed by atoms with Crippen LogP contribution < -0.4 is 0 Å². The van der Waals surface area contributed by atoms with Crippen LogP contribution in [0.2, 0.25) is 0 Å². The highest BCUT2D eigenvalue weighted by Crippen LogP contribution is 2.25. The molecule has 0 atom stereocenters. The molecule has 0 aromatic heterocycles. The van der Waals surface area contributed by atoms with Gasteiger partial charge in [-0.15, -0.1) is 0 Å². The number of benzene rings is 4. The average molecular weight is 577 g/mol. The summed E-state index contributed by atoms with van der Waals surface area (Å²) in [5.74, 6) is 0.379. The predicted octanol–water partition coefficient (Wildman–Crippen LogP) is 6.41. The summed E-state index contributed by atoms with van der Waals surface area (Å²) in [5, 5.41) is 0. The monoisotopic (exact) mass is 576 g/mol. The minimum atomic E-state index is -3.94. The molecule has 0 N–H and O–H groups in total. The summed E-state index contributed by atoms with van der Waals surface area (Å²) in [6, 6.07) is 32.4. The molecule has 0 spiro atoms. The van der Waals surface area contributed by atoms with Crippen molar-refractivity contribution < 1.29 is 16.8 Å². The lowest BCUT2D eigenvalue weighted by Gasteiger charge is -2.24. The largest absolute Gasteiger partial charge is 0.243 e. The zero-order chi connectivity index (χ0) is 28.8. The van der Waals surface area contributed by atoms with Crippen LogP contribution in [-0.4, -0.2) is 32.0 Å². The van der Waals surface area contributed by atoms with Gasteiger partial charge in [-0.2, -0.15) is 8.61 Å². The molecule has 0 amide bonds. The minimum absolute atomic E-state index is 0.0484. The molecule has 0 unspecified atom stereocenters. The number of hydrogen-bond acceptors (Lipinski definition) is 4. The lowest BCUT2D eigenvalue weighted by molar-refractivity contribution is 0.401. The van der Waals surface area contributed by atoms with Crippen LogP contribution in [0.15, 0.2) is 119 Å². The van der Waals surface area contributed by atoms with Crippen molar-refractivity contribution in [2.24, 2.45) is 0 Å². The van der Waals surface area contributed by atoms with Crippen molar-refractivity contribution in [1.82, 2.24) is 8.61 Å². The lowest BCUT2D eigenvalue weighted by Crippen LogP contribution is -2.31. The summed E-state index contributed by atoms with van der Waals surface area (Å²) in [5.41, 5.74) is 3.81. The Balaban J connectivity index is 1.61. The molecule has 0 saturated heterocycles. The van der Waals surface area contributed by atoms with Gasteiger partial charge in [0.1, 0.15) is 0 Å². The van der Waals surface area contributed by atoms with Crippen molar-refractivity contribution in [3.63, 3.8) is 0 Å². The molecule has 8 heteroatoms. The van der Waals surface area contributed by atoms with Gasteiger partial charge in [0.2, 0.25) is 20.0 Å². The Labute approximate surface area is 239 Å². The Hall–Kier alpha value is -3.30. The molecular formula is C32H36N2O4S2. The van der Waals surface area contributed by atoms with E-state index >= 15 is 0 Å². The van der Waals surface area contributed by atoms with Crippen LogP contribution >= 0.6 is 0 Å². The van der Waals surface area contributed by atoms with Crippen molar-refractivity contribution in [3.8, 4) is 0 Å². The maximum Gasteiger partial charge on any atom is 0.243 e. The summed E-state index contributed by atoms with van der Waals surface area (Å²) in [7, 11) is -7.75. The smallest absolute Gasteiger partial charge is 0.207 e. The summed E-state index contributed by atoms with van der Waals surface area (Å²) < 4.78 is 57.3. The molecule has 0 radical (unpaired) electrons. The zero-order valence-corrected chi connectivity index (χ0v) is 24.8. The normalized spacial score (nSPS) is 12.3. The first-order chi connectivity index (χ1) is 19.1. The van der Waals surface area contributed by atoms with Gasteiger partial charge < -0.3 is 0 Å². The zero-order valence-electron chi connectivity index (χ0n) is 23.1. The Kier molecular flexibility index (Phi) is 9.58. The highest BCUT2D eigenvalue weighted by molar-refractivity contribution is 7.89. The van der Waals surface area contributed by atoms with Gasteiger partial charge in [0.05, 0.1) is 9.79 Å². The molecule has 40 heavy (non-hydrogen) atoms. The Morgan fingerprint density at radius 2 is 0.900 bits per heavy atom. The van der Waals surface area contributed by atoms with E-state index in [-0.39, 0.29) is 36.0 Å². The van der Waals surface area contributed by atoms with E-state index in [4.69, 9.17) is 0 Å². The number of rotatable bonds is 12. The molecule has 0 bridgehead atoms. The van der Waals surface area contributed by atoms with Gasteiger partial charge in [-0.3, -0.25) is 0 Å². The average Bonchev–Trinajstić information content (AvgIpc) is 2.97. The van der Waals surface area contributed by atoms with Gasteiger partial charge in [0.15, 0.2) is 0 Å². The summed E-state index contributed by atoms with van der Waals surface area (Å²) in [4.78, 5) is 0.107.